The average molecular weight is 212 g/mol. The van der Waals surface area contributed by atoms with Crippen molar-refractivity contribution < 1.29 is 19.4 Å². The minimum absolute atomic E-state index is 0.362. The molecule has 1 aromatic heterocycles. The molecule has 14 heavy (non-hydrogen) atoms. The highest BCUT2D eigenvalue weighted by Crippen LogP contribution is 2.33. The Balaban J connectivity index is 2.93. The van der Waals surface area contributed by atoms with E-state index in [1.54, 1.807) is 11.4 Å². The van der Waals surface area contributed by atoms with E-state index in [0.717, 1.165) is 6.07 Å². The number of hydrogen-bond acceptors (Lipinski definition) is 3. The van der Waals surface area contributed by atoms with Gasteiger partial charge in [0.2, 0.25) is 0 Å². The number of hydrogen-bond donors (Lipinski definition) is 2. The molecule has 0 aliphatic rings. The van der Waals surface area contributed by atoms with Gasteiger partial charge in [-0.1, -0.05) is 0 Å². The topological polar surface area (TPSA) is 57.5 Å². The molecule has 0 aliphatic carbocycles. The quantitative estimate of drug-likeness (QED) is 0.763. The van der Waals surface area contributed by atoms with Crippen molar-refractivity contribution in [2.45, 2.75) is 0 Å². The normalized spacial score (nSPS) is 10.6. The van der Waals surface area contributed by atoms with Crippen molar-refractivity contribution in [1.82, 2.24) is 0 Å². The molecule has 0 radical (unpaired) electrons. The highest BCUT2D eigenvalue weighted by Gasteiger charge is 2.18. The van der Waals surface area contributed by atoms with E-state index in [0.29, 0.717) is 10.1 Å². The Hall–Kier alpha value is -1.62. The van der Waals surface area contributed by atoms with E-state index in [9.17, 15) is 14.3 Å². The van der Waals surface area contributed by atoms with E-state index in [1.807, 2.05) is 0 Å². The van der Waals surface area contributed by atoms with Crippen LogP contribution in [0.1, 0.15) is 10.4 Å². The van der Waals surface area contributed by atoms with Crippen LogP contribution in [0.4, 0.5) is 4.39 Å². The first-order valence-corrected chi connectivity index (χ1v) is 4.61. The fraction of sp³-hybridized carbons (Fsp3) is 0. The van der Waals surface area contributed by atoms with Crippen LogP contribution in [0.25, 0.3) is 10.1 Å². The number of benzene rings is 1. The first-order chi connectivity index (χ1) is 6.61. The molecule has 2 N–H and O–H groups in total. The van der Waals surface area contributed by atoms with Gasteiger partial charge in [-0.05, 0) is 17.5 Å². The zero-order valence-electron chi connectivity index (χ0n) is 6.82. The summed E-state index contributed by atoms with van der Waals surface area (Å²) < 4.78 is 13.6. The van der Waals surface area contributed by atoms with Gasteiger partial charge in [0.05, 0.1) is 0 Å². The van der Waals surface area contributed by atoms with Crippen molar-refractivity contribution in [2.24, 2.45) is 0 Å². The summed E-state index contributed by atoms with van der Waals surface area (Å²) >= 11 is 1.23. The number of aromatic carboxylic acids is 1. The molecule has 1 heterocycles. The van der Waals surface area contributed by atoms with Crippen LogP contribution in [0.2, 0.25) is 0 Å². The van der Waals surface area contributed by atoms with E-state index in [2.05, 4.69) is 0 Å². The SMILES string of the molecule is O=C(O)c1c(O)c(F)cc2sccc12. The molecule has 0 saturated heterocycles. The lowest BCUT2D eigenvalue weighted by Crippen LogP contribution is -1.98. The van der Waals surface area contributed by atoms with Crippen LogP contribution < -0.4 is 0 Å². The lowest BCUT2D eigenvalue weighted by molar-refractivity contribution is 0.0695. The second-order valence-corrected chi connectivity index (χ2v) is 3.67. The lowest BCUT2D eigenvalue weighted by Gasteiger charge is -2.02. The Labute approximate surface area is 82.0 Å². The maximum Gasteiger partial charge on any atom is 0.340 e. The molecule has 0 atom stereocenters. The van der Waals surface area contributed by atoms with Crippen molar-refractivity contribution in [3.05, 3.63) is 28.9 Å². The molecule has 0 bridgehead atoms. The second-order valence-electron chi connectivity index (χ2n) is 2.72. The van der Waals surface area contributed by atoms with Gasteiger partial charge in [-0.2, -0.15) is 0 Å². The van der Waals surface area contributed by atoms with Crippen LogP contribution in [0.3, 0.4) is 0 Å². The fourth-order valence-electron chi connectivity index (χ4n) is 1.29. The monoisotopic (exact) mass is 212 g/mol. The molecule has 0 spiro atoms. The van der Waals surface area contributed by atoms with Gasteiger partial charge in [0, 0.05) is 10.1 Å². The van der Waals surface area contributed by atoms with Crippen LogP contribution >= 0.6 is 11.3 Å². The van der Waals surface area contributed by atoms with Gasteiger partial charge in [-0.15, -0.1) is 11.3 Å². The van der Waals surface area contributed by atoms with Crippen LogP contribution in [-0.2, 0) is 0 Å². The summed E-state index contributed by atoms with van der Waals surface area (Å²) in [5.74, 6) is -3.04. The van der Waals surface area contributed by atoms with Gasteiger partial charge >= 0.3 is 5.97 Å². The van der Waals surface area contributed by atoms with E-state index in [4.69, 9.17) is 5.11 Å². The van der Waals surface area contributed by atoms with Crippen LogP contribution in [0.5, 0.6) is 5.75 Å². The summed E-state index contributed by atoms with van der Waals surface area (Å²) in [7, 11) is 0. The summed E-state index contributed by atoms with van der Waals surface area (Å²) in [6.45, 7) is 0. The average Bonchev–Trinajstić information content (AvgIpc) is 2.52. The Morgan fingerprint density at radius 3 is 2.86 bits per heavy atom. The molecule has 5 heteroatoms. The molecule has 0 amide bonds. The number of carboxylic acids is 1. The maximum atomic E-state index is 13.0. The fourth-order valence-corrected chi connectivity index (χ4v) is 2.11. The predicted molar refractivity (Wildman–Crippen MR) is 50.4 cm³/mol. The summed E-state index contributed by atoms with van der Waals surface area (Å²) in [6, 6.07) is 2.67. The molecular weight excluding hydrogens is 207 g/mol. The first kappa shape index (κ1) is 8.96. The van der Waals surface area contributed by atoms with E-state index in [1.165, 1.54) is 11.3 Å². The standard InChI is InChI=1S/C9H5FO3S/c10-5-3-6-4(1-2-14-6)7(8(5)11)9(12)13/h1-3,11H,(H,12,13). The molecule has 2 aromatic rings. The molecule has 3 nitrogen and oxygen atoms in total. The van der Waals surface area contributed by atoms with Crippen molar-refractivity contribution in [1.29, 1.82) is 0 Å². The van der Waals surface area contributed by atoms with Crippen molar-refractivity contribution in [2.75, 3.05) is 0 Å². The third-order valence-corrected chi connectivity index (χ3v) is 2.76. The Kier molecular flexibility index (Phi) is 1.89. The zero-order chi connectivity index (χ0) is 10.3. The maximum absolute atomic E-state index is 13.0. The van der Waals surface area contributed by atoms with Gasteiger partial charge in [-0.25, -0.2) is 9.18 Å². The van der Waals surface area contributed by atoms with Crippen LogP contribution in [0.15, 0.2) is 17.5 Å². The van der Waals surface area contributed by atoms with Crippen molar-refractivity contribution in [3.63, 3.8) is 0 Å². The van der Waals surface area contributed by atoms with Gasteiger partial charge in [0.1, 0.15) is 5.56 Å². The summed E-state index contributed by atoms with van der Waals surface area (Å²) in [5, 5.41) is 20.0. The number of aromatic hydroxyl groups is 1. The highest BCUT2D eigenvalue weighted by molar-refractivity contribution is 7.17. The summed E-state index contributed by atoms with van der Waals surface area (Å²) in [5.41, 5.74) is -0.374. The molecule has 0 aliphatic heterocycles. The zero-order valence-corrected chi connectivity index (χ0v) is 7.64. The van der Waals surface area contributed by atoms with E-state index < -0.39 is 17.5 Å². The second kappa shape index (κ2) is 2.95. The Morgan fingerprint density at radius 2 is 2.21 bits per heavy atom. The number of carbonyl (C=O) groups is 1. The van der Waals surface area contributed by atoms with E-state index >= 15 is 0 Å². The Morgan fingerprint density at radius 1 is 1.50 bits per heavy atom. The molecule has 0 unspecified atom stereocenters. The number of halogens is 1. The first-order valence-electron chi connectivity index (χ1n) is 3.73. The molecular formula is C9H5FO3S. The number of phenols is 1. The van der Waals surface area contributed by atoms with E-state index in [-0.39, 0.29) is 5.56 Å². The number of carboxylic acid groups (broad SMARTS) is 1. The summed E-state index contributed by atoms with van der Waals surface area (Å²) in [6.07, 6.45) is 0. The van der Waals surface area contributed by atoms with Crippen molar-refractivity contribution in [3.8, 4) is 5.75 Å². The minimum atomic E-state index is -1.33. The lowest BCUT2D eigenvalue weighted by atomic mass is 10.1. The van der Waals surface area contributed by atoms with Gasteiger partial charge in [0.25, 0.3) is 0 Å². The molecule has 72 valence electrons. The van der Waals surface area contributed by atoms with Crippen LogP contribution in [-0.4, -0.2) is 16.2 Å². The van der Waals surface area contributed by atoms with Crippen molar-refractivity contribution >= 4 is 27.4 Å². The molecule has 0 fully saturated rings. The van der Waals surface area contributed by atoms with Crippen LogP contribution in [0, 0.1) is 5.82 Å². The summed E-state index contributed by atoms with van der Waals surface area (Å²) in [4.78, 5) is 10.8. The molecule has 0 saturated carbocycles. The third kappa shape index (κ3) is 1.13. The molecule has 2 rings (SSSR count). The van der Waals surface area contributed by atoms with Gasteiger partial charge < -0.3 is 10.2 Å². The predicted octanol–water partition coefficient (Wildman–Crippen LogP) is 2.44. The van der Waals surface area contributed by atoms with Gasteiger partial charge in [-0.3, -0.25) is 0 Å². The number of fused-ring (bicyclic) bond motifs is 1. The minimum Gasteiger partial charge on any atom is -0.504 e. The van der Waals surface area contributed by atoms with Gasteiger partial charge in [0.15, 0.2) is 11.6 Å². The number of thiophene rings is 1. The molecule has 1 aromatic carbocycles. The largest absolute Gasteiger partial charge is 0.504 e. The number of rotatable bonds is 1. The Bertz CT molecular complexity index is 518. The highest BCUT2D eigenvalue weighted by atomic mass is 32.1. The smallest absolute Gasteiger partial charge is 0.340 e. The third-order valence-electron chi connectivity index (χ3n) is 1.90.